The van der Waals surface area contributed by atoms with Gasteiger partial charge in [0.1, 0.15) is 22.8 Å². The summed E-state index contributed by atoms with van der Waals surface area (Å²) >= 11 is 0. The van der Waals surface area contributed by atoms with Crippen molar-refractivity contribution in [3.8, 4) is 17.0 Å². The van der Waals surface area contributed by atoms with Crippen molar-refractivity contribution in [1.29, 1.82) is 0 Å². The molecule has 3 rings (SSSR count). The van der Waals surface area contributed by atoms with Crippen LogP contribution in [0.25, 0.3) is 22.2 Å². The Balaban J connectivity index is 2.14. The zero-order valence-electron chi connectivity index (χ0n) is 16.3. The summed E-state index contributed by atoms with van der Waals surface area (Å²) in [6.45, 7) is 6.23. The lowest BCUT2D eigenvalue weighted by molar-refractivity contribution is 0.100. The monoisotopic (exact) mass is 383 g/mol. The van der Waals surface area contributed by atoms with Crippen LogP contribution in [0.15, 0.2) is 30.5 Å². The molecule has 8 nitrogen and oxygen atoms in total. The number of aromatic nitrogens is 3. The van der Waals surface area contributed by atoms with E-state index in [1.54, 1.807) is 10.9 Å². The Hall–Kier alpha value is -3.13. The molecule has 8 heteroatoms. The van der Waals surface area contributed by atoms with E-state index < -0.39 is 11.4 Å². The number of ether oxygens (including phenoxy) is 1. The van der Waals surface area contributed by atoms with Crippen LogP contribution in [0.4, 0.5) is 5.82 Å². The molecular formula is C20H25N5O3. The maximum atomic E-state index is 12.1. The summed E-state index contributed by atoms with van der Waals surface area (Å²) in [6, 6.07) is 7.50. The first kappa shape index (κ1) is 19.6. The Kier molecular flexibility index (Phi) is 5.24. The number of hydrogen-bond donors (Lipinski definition) is 3. The number of amides is 1. The van der Waals surface area contributed by atoms with Crippen molar-refractivity contribution < 1.29 is 14.6 Å². The maximum absolute atomic E-state index is 12.1. The van der Waals surface area contributed by atoms with Gasteiger partial charge in [0, 0.05) is 29.8 Å². The third kappa shape index (κ3) is 3.50. The average molecular weight is 383 g/mol. The minimum Gasteiger partial charge on any atom is -0.494 e. The predicted molar refractivity (Wildman–Crippen MR) is 108 cm³/mol. The van der Waals surface area contributed by atoms with Crippen molar-refractivity contribution in [3.63, 3.8) is 0 Å². The quantitative estimate of drug-likeness (QED) is 0.574. The summed E-state index contributed by atoms with van der Waals surface area (Å²) < 4.78 is 7.05. The van der Waals surface area contributed by atoms with Crippen LogP contribution >= 0.6 is 0 Å². The maximum Gasteiger partial charge on any atom is 0.254 e. The first-order valence-electron chi connectivity index (χ1n) is 9.11. The van der Waals surface area contributed by atoms with E-state index in [0.717, 1.165) is 16.7 Å². The lowest BCUT2D eigenvalue weighted by Crippen LogP contribution is -2.30. The van der Waals surface area contributed by atoms with Gasteiger partial charge in [-0.15, -0.1) is 0 Å². The van der Waals surface area contributed by atoms with Crippen LogP contribution in [0.1, 0.15) is 37.6 Å². The molecule has 2 heterocycles. The molecule has 0 unspecified atom stereocenters. The van der Waals surface area contributed by atoms with Gasteiger partial charge >= 0.3 is 0 Å². The number of nitrogens with zero attached hydrogens (tertiary/aromatic N) is 3. The van der Waals surface area contributed by atoms with Gasteiger partial charge in [0.15, 0.2) is 0 Å². The summed E-state index contributed by atoms with van der Waals surface area (Å²) in [4.78, 5) is 16.6. The van der Waals surface area contributed by atoms with E-state index in [9.17, 15) is 9.90 Å². The van der Waals surface area contributed by atoms with E-state index in [0.29, 0.717) is 24.3 Å². The summed E-state index contributed by atoms with van der Waals surface area (Å²) in [5.41, 5.74) is 13.1. The van der Waals surface area contributed by atoms with Crippen LogP contribution in [0, 0.1) is 0 Å². The molecule has 0 aliphatic rings. The van der Waals surface area contributed by atoms with Crippen molar-refractivity contribution >= 4 is 22.6 Å². The lowest BCUT2D eigenvalue weighted by Gasteiger charge is -2.25. The highest BCUT2D eigenvalue weighted by Crippen LogP contribution is 2.33. The van der Waals surface area contributed by atoms with Gasteiger partial charge in [-0.05, 0) is 45.4 Å². The summed E-state index contributed by atoms with van der Waals surface area (Å²) in [7, 11) is 0. The summed E-state index contributed by atoms with van der Waals surface area (Å²) in [5.74, 6) is 0.255. The lowest BCUT2D eigenvalue weighted by atomic mass is 10.0. The fourth-order valence-electron chi connectivity index (χ4n) is 3.20. The molecule has 0 radical (unpaired) electrons. The van der Waals surface area contributed by atoms with Crippen LogP contribution in [0.5, 0.6) is 5.75 Å². The number of aliphatic hydroxyl groups is 1. The Bertz CT molecular complexity index is 1030. The third-order valence-corrected chi connectivity index (χ3v) is 4.70. The summed E-state index contributed by atoms with van der Waals surface area (Å²) in [5, 5.41) is 14.8. The molecule has 3 aromatic rings. The van der Waals surface area contributed by atoms with Gasteiger partial charge in [0.2, 0.25) is 0 Å². The SMILES string of the molecule is CCOc1ccc2cc(-c3nn(C(C)(C)CCO)c(N)c3C(N)=O)cnc2c1. The second kappa shape index (κ2) is 7.47. The largest absolute Gasteiger partial charge is 0.494 e. The molecule has 0 aliphatic heterocycles. The fourth-order valence-corrected chi connectivity index (χ4v) is 3.20. The molecule has 0 atom stereocenters. The highest BCUT2D eigenvalue weighted by Gasteiger charge is 2.29. The number of rotatable bonds is 7. The van der Waals surface area contributed by atoms with Gasteiger partial charge in [0.25, 0.3) is 5.91 Å². The number of hydrogen-bond acceptors (Lipinski definition) is 6. The minimum absolute atomic E-state index is 0.0345. The van der Waals surface area contributed by atoms with Crippen LogP contribution in [-0.4, -0.2) is 39.0 Å². The van der Waals surface area contributed by atoms with E-state index in [4.69, 9.17) is 16.2 Å². The second-order valence-electron chi connectivity index (χ2n) is 7.18. The number of aliphatic hydroxyl groups excluding tert-OH is 1. The number of benzene rings is 1. The van der Waals surface area contributed by atoms with Gasteiger partial charge in [-0.2, -0.15) is 5.10 Å². The van der Waals surface area contributed by atoms with Crippen LogP contribution < -0.4 is 16.2 Å². The molecular weight excluding hydrogens is 358 g/mol. The van der Waals surface area contributed by atoms with Gasteiger partial charge < -0.3 is 21.3 Å². The van der Waals surface area contributed by atoms with Crippen LogP contribution in [0.2, 0.25) is 0 Å². The minimum atomic E-state index is -0.662. The number of carbonyl (C=O) groups excluding carboxylic acids is 1. The zero-order chi connectivity index (χ0) is 20.5. The molecule has 0 spiro atoms. The smallest absolute Gasteiger partial charge is 0.254 e. The van der Waals surface area contributed by atoms with E-state index >= 15 is 0 Å². The van der Waals surface area contributed by atoms with E-state index in [-0.39, 0.29) is 18.0 Å². The molecule has 28 heavy (non-hydrogen) atoms. The van der Waals surface area contributed by atoms with Crippen LogP contribution in [0.3, 0.4) is 0 Å². The first-order chi connectivity index (χ1) is 13.3. The summed E-state index contributed by atoms with van der Waals surface area (Å²) in [6.07, 6.45) is 2.06. The number of nitrogens with two attached hydrogens (primary N) is 2. The molecule has 2 aromatic heterocycles. The molecule has 0 aliphatic carbocycles. The number of anilines is 1. The highest BCUT2D eigenvalue weighted by molar-refractivity contribution is 6.03. The van der Waals surface area contributed by atoms with E-state index in [1.807, 2.05) is 45.0 Å². The van der Waals surface area contributed by atoms with Crippen molar-refractivity contribution in [3.05, 3.63) is 36.0 Å². The molecule has 0 bridgehead atoms. The highest BCUT2D eigenvalue weighted by atomic mass is 16.5. The Labute approximate surface area is 163 Å². The van der Waals surface area contributed by atoms with Gasteiger partial charge in [-0.1, -0.05) is 0 Å². The number of fused-ring (bicyclic) bond motifs is 1. The van der Waals surface area contributed by atoms with Crippen molar-refractivity contribution in [1.82, 2.24) is 14.8 Å². The van der Waals surface area contributed by atoms with Crippen molar-refractivity contribution in [2.24, 2.45) is 5.73 Å². The van der Waals surface area contributed by atoms with Gasteiger partial charge in [-0.3, -0.25) is 9.78 Å². The van der Waals surface area contributed by atoms with Gasteiger partial charge in [-0.25, -0.2) is 4.68 Å². The number of pyridine rings is 1. The molecule has 1 amide bonds. The Morgan fingerprint density at radius 3 is 2.71 bits per heavy atom. The second-order valence-corrected chi connectivity index (χ2v) is 7.18. The van der Waals surface area contributed by atoms with Crippen LogP contribution in [-0.2, 0) is 5.54 Å². The molecule has 0 saturated heterocycles. The number of primary amides is 1. The first-order valence-corrected chi connectivity index (χ1v) is 9.11. The van der Waals surface area contributed by atoms with E-state index in [1.165, 1.54) is 0 Å². The van der Waals surface area contributed by atoms with E-state index in [2.05, 4.69) is 10.1 Å². The normalized spacial score (nSPS) is 11.7. The topological polar surface area (TPSA) is 129 Å². The zero-order valence-corrected chi connectivity index (χ0v) is 16.3. The Morgan fingerprint density at radius 2 is 2.07 bits per heavy atom. The number of carbonyl (C=O) groups is 1. The molecule has 5 N–H and O–H groups in total. The van der Waals surface area contributed by atoms with Gasteiger partial charge in [0.05, 0.1) is 17.7 Å². The molecule has 0 saturated carbocycles. The molecule has 148 valence electrons. The Morgan fingerprint density at radius 1 is 1.32 bits per heavy atom. The van der Waals surface area contributed by atoms with Crippen molar-refractivity contribution in [2.45, 2.75) is 32.7 Å². The molecule has 0 fully saturated rings. The fraction of sp³-hybridized carbons (Fsp3) is 0.350. The molecule has 1 aromatic carbocycles. The number of nitrogen functional groups attached to an aromatic ring is 1. The predicted octanol–water partition coefficient (Wildman–Crippen LogP) is 2.30. The average Bonchev–Trinajstić information content (AvgIpc) is 3.00. The standard InChI is InChI=1S/C20H25N5O3/c1-4-28-14-6-5-12-9-13(11-23-15(12)10-14)17-16(19(22)27)18(21)25(24-17)20(2,3)7-8-26/h5-6,9-11,26H,4,7-8,21H2,1-3H3,(H2,22,27). The third-order valence-electron chi connectivity index (χ3n) is 4.70. The van der Waals surface area contributed by atoms with Crippen molar-refractivity contribution in [2.75, 3.05) is 18.9 Å².